The Balaban J connectivity index is 3.72. The molecule has 0 aliphatic heterocycles. The molecule has 0 saturated heterocycles. The summed E-state index contributed by atoms with van der Waals surface area (Å²) in [5.41, 5.74) is 0. The Kier molecular flexibility index (Phi) is 63.2. The third kappa shape index (κ3) is 66.2. The van der Waals surface area contributed by atoms with Crippen molar-refractivity contribution in [3.63, 3.8) is 0 Å². The molecule has 10 unspecified atom stereocenters. The summed E-state index contributed by atoms with van der Waals surface area (Å²) in [7, 11) is 0. The molecule has 23 heteroatoms. The molecule has 0 saturated carbocycles. The fourth-order valence-corrected chi connectivity index (χ4v) is 9.42. The van der Waals surface area contributed by atoms with Gasteiger partial charge in [-0.05, 0) is 24.7 Å². The van der Waals surface area contributed by atoms with E-state index in [1.165, 1.54) is 135 Å². The van der Waals surface area contributed by atoms with Crippen LogP contribution in [0, 0.1) is 11.8 Å². The maximum atomic E-state index is 12.1. The maximum Gasteiger partial charge on any atom is 0.305 e. The van der Waals surface area contributed by atoms with E-state index >= 15 is 0 Å². The van der Waals surface area contributed by atoms with E-state index in [0.29, 0.717) is 12.8 Å². The zero-order valence-corrected chi connectivity index (χ0v) is 56.4. The first kappa shape index (κ1) is 88.2. The Morgan fingerprint density at radius 3 is 0.500 bits per heavy atom. The predicted molar refractivity (Wildman–Crippen MR) is 343 cm³/mol. The van der Waals surface area contributed by atoms with Gasteiger partial charge in [0.2, 0.25) is 0 Å². The summed E-state index contributed by atoms with van der Waals surface area (Å²) in [6.45, 7) is 5.71. The Bertz CT molecular complexity index is 1520. The van der Waals surface area contributed by atoms with Crippen LogP contribution in [0.15, 0.2) is 0 Å². The second-order valence-corrected chi connectivity index (χ2v) is 25.4. The quantitative estimate of drug-likeness (QED) is 0.0231. The fraction of sp³-hybridized carbons (Fsp3) is 0.970. The number of aliphatic hydroxyl groups is 10. The first-order valence-corrected chi connectivity index (χ1v) is 34.7. The molecular weight excluding hydrogens is 1170 g/mol. The van der Waals surface area contributed by atoms with E-state index in [9.17, 15) is 60.7 Å². The smallest absolute Gasteiger partial charge is 0.305 e. The van der Waals surface area contributed by atoms with E-state index in [4.69, 9.17) is 52.1 Å². The number of hydrogen-bond acceptors (Lipinski definition) is 23. The average molecular weight is 1310 g/mol. The van der Waals surface area contributed by atoms with Crippen LogP contribution in [-0.4, -0.2) is 256 Å². The topological polar surface area (TPSA) is 338 Å². The number of carbonyl (C=O) groups excluding carboxylic acids is 2. The van der Waals surface area contributed by atoms with Gasteiger partial charge in [0.25, 0.3) is 0 Å². The molecule has 0 radical (unpaired) electrons. The van der Waals surface area contributed by atoms with E-state index in [0.717, 1.165) is 50.4 Å². The molecule has 10 atom stereocenters. The molecule has 0 bridgehead atoms. The van der Waals surface area contributed by atoms with Gasteiger partial charge >= 0.3 is 11.9 Å². The van der Waals surface area contributed by atoms with Crippen LogP contribution in [-0.2, 0) is 61.7 Å². The second-order valence-electron chi connectivity index (χ2n) is 25.4. The third-order valence-electron chi connectivity index (χ3n) is 14.5. The minimum absolute atomic E-state index is 0.145. The van der Waals surface area contributed by atoms with Gasteiger partial charge < -0.3 is 103 Å². The molecule has 10 N–H and O–H groups in total. The molecule has 0 aromatic heterocycles. The lowest BCUT2D eigenvalue weighted by molar-refractivity contribution is -0.149. The van der Waals surface area contributed by atoms with Crippen molar-refractivity contribution in [3.05, 3.63) is 0 Å². The van der Waals surface area contributed by atoms with Gasteiger partial charge in [-0.15, -0.1) is 0 Å². The second kappa shape index (κ2) is 64.5. The SMILES string of the molecule is CC(C)CCCCCCCCCCCCCCCC(=O)OCC(O)COCC(O)COCC(O)COCC(O)COCC(O)COCC(O)COCC(O)COCC(O)COCC(O)COCC(O)COC(=O)CCCCCCCCCCCCCCC(C)C. The molecule has 0 fully saturated rings. The van der Waals surface area contributed by atoms with Crippen LogP contribution in [0.5, 0.6) is 0 Å². The highest BCUT2D eigenvalue weighted by Gasteiger charge is 2.17. The number of ether oxygens (including phenoxy) is 11. The lowest BCUT2D eigenvalue weighted by atomic mass is 10.0. The highest BCUT2D eigenvalue weighted by molar-refractivity contribution is 5.69. The van der Waals surface area contributed by atoms with Gasteiger partial charge in [-0.3, -0.25) is 9.59 Å². The molecule has 0 heterocycles. The molecule has 0 spiro atoms. The van der Waals surface area contributed by atoms with Gasteiger partial charge in [0.05, 0.1) is 119 Å². The molecule has 0 aromatic carbocycles. The number of esters is 2. The summed E-state index contributed by atoms with van der Waals surface area (Å²) < 4.78 is 58.1. The van der Waals surface area contributed by atoms with Gasteiger partial charge in [-0.25, -0.2) is 0 Å². The van der Waals surface area contributed by atoms with Crippen molar-refractivity contribution in [3.8, 4) is 0 Å². The number of hydrogen-bond donors (Lipinski definition) is 10. The van der Waals surface area contributed by atoms with Crippen LogP contribution in [0.25, 0.3) is 0 Å². The minimum Gasteiger partial charge on any atom is -0.463 e. The zero-order chi connectivity index (χ0) is 66.5. The lowest BCUT2D eigenvalue weighted by Crippen LogP contribution is -2.32. The molecule has 0 aliphatic rings. The summed E-state index contributed by atoms with van der Waals surface area (Å²) in [5, 5.41) is 101. The van der Waals surface area contributed by atoms with Gasteiger partial charge in [0.1, 0.15) is 74.3 Å². The highest BCUT2D eigenvalue weighted by Crippen LogP contribution is 2.17. The number of rotatable bonds is 71. The normalized spacial score (nSPS) is 15.4. The van der Waals surface area contributed by atoms with Crippen LogP contribution in [0.1, 0.15) is 214 Å². The largest absolute Gasteiger partial charge is 0.463 e. The Morgan fingerprint density at radius 1 is 0.211 bits per heavy atom. The van der Waals surface area contributed by atoms with Gasteiger partial charge in [-0.1, -0.05) is 188 Å². The highest BCUT2D eigenvalue weighted by atomic mass is 16.6. The minimum atomic E-state index is -1.07. The number of aliphatic hydroxyl groups excluding tert-OH is 10. The zero-order valence-electron chi connectivity index (χ0n) is 56.4. The fourth-order valence-electron chi connectivity index (χ4n) is 9.42. The van der Waals surface area contributed by atoms with Crippen molar-refractivity contribution >= 4 is 11.9 Å². The van der Waals surface area contributed by atoms with Crippen LogP contribution in [0.4, 0.5) is 0 Å². The van der Waals surface area contributed by atoms with E-state index in [1.807, 2.05) is 0 Å². The molecule has 0 amide bonds. The Labute approximate surface area is 541 Å². The van der Waals surface area contributed by atoms with Crippen LogP contribution in [0.3, 0.4) is 0 Å². The van der Waals surface area contributed by atoms with E-state index in [-0.39, 0.29) is 144 Å². The third-order valence-corrected chi connectivity index (χ3v) is 14.5. The van der Waals surface area contributed by atoms with E-state index in [1.54, 1.807) is 0 Å². The summed E-state index contributed by atoms with van der Waals surface area (Å²) >= 11 is 0. The van der Waals surface area contributed by atoms with Crippen LogP contribution in [0.2, 0.25) is 0 Å². The standard InChI is InChI=1S/C67H132O23/c1-54(2)30-26-22-18-14-10-6-5-7-12-16-20-24-28-32-66(78)89-52-64(76)50-87-48-62(74)46-85-44-60(72)42-83-40-58(70)38-81-36-56(68)34-80-35-57(69)37-82-39-59(71)41-84-43-61(73)45-86-47-63(75)49-88-51-65(77)53-90-67(79)33-29-25-21-17-13-9-8-11-15-19-23-27-31-55(3)4/h54-65,68-77H,5-53H2,1-4H3. The average Bonchev–Trinajstić information content (AvgIpc) is 3.54. The molecule has 23 nitrogen and oxygen atoms in total. The van der Waals surface area contributed by atoms with Crippen LogP contribution >= 0.6 is 0 Å². The molecular formula is C67H132O23. The van der Waals surface area contributed by atoms with Crippen molar-refractivity contribution in [1.29, 1.82) is 0 Å². The van der Waals surface area contributed by atoms with Gasteiger partial charge in [-0.2, -0.15) is 0 Å². The van der Waals surface area contributed by atoms with Gasteiger partial charge in [0.15, 0.2) is 0 Å². The number of carbonyl (C=O) groups is 2. The first-order chi connectivity index (χ1) is 43.4. The van der Waals surface area contributed by atoms with Crippen molar-refractivity contribution in [2.45, 2.75) is 275 Å². The Morgan fingerprint density at radius 2 is 0.344 bits per heavy atom. The van der Waals surface area contributed by atoms with Crippen molar-refractivity contribution in [2.24, 2.45) is 11.8 Å². The molecule has 538 valence electrons. The van der Waals surface area contributed by atoms with Crippen LogP contribution < -0.4 is 0 Å². The lowest BCUT2D eigenvalue weighted by Gasteiger charge is -2.18. The van der Waals surface area contributed by atoms with Gasteiger partial charge in [0, 0.05) is 12.8 Å². The van der Waals surface area contributed by atoms with E-state index < -0.39 is 61.0 Å². The Hall–Kier alpha value is -1.82. The predicted octanol–water partition coefficient (Wildman–Crippen LogP) is 6.46. The summed E-state index contributed by atoms with van der Waals surface area (Å²) in [4.78, 5) is 24.1. The molecule has 90 heavy (non-hydrogen) atoms. The van der Waals surface area contributed by atoms with Crippen molar-refractivity contribution < 1.29 is 113 Å². The number of unbranched alkanes of at least 4 members (excludes halogenated alkanes) is 23. The maximum absolute atomic E-state index is 12.1. The van der Waals surface area contributed by atoms with E-state index in [2.05, 4.69) is 27.7 Å². The molecule has 0 aliphatic carbocycles. The van der Waals surface area contributed by atoms with Crippen molar-refractivity contribution in [2.75, 3.05) is 132 Å². The summed E-state index contributed by atoms with van der Waals surface area (Å²) in [6.07, 6.45) is 23.2. The monoisotopic (exact) mass is 1300 g/mol. The first-order valence-electron chi connectivity index (χ1n) is 34.7. The molecule has 0 rings (SSSR count). The summed E-state index contributed by atoms with van der Waals surface area (Å²) in [6, 6.07) is 0. The summed E-state index contributed by atoms with van der Waals surface area (Å²) in [5.74, 6) is 0.903. The molecule has 0 aromatic rings. The van der Waals surface area contributed by atoms with Crippen molar-refractivity contribution in [1.82, 2.24) is 0 Å².